The Kier molecular flexibility index (Phi) is 10.9. The van der Waals surface area contributed by atoms with Gasteiger partial charge < -0.3 is 5.11 Å². The van der Waals surface area contributed by atoms with E-state index in [0.717, 1.165) is 38.4 Å². The number of aliphatic carboxylic acids is 1. The van der Waals surface area contributed by atoms with Crippen molar-refractivity contribution in [1.29, 1.82) is 0 Å². The van der Waals surface area contributed by atoms with Gasteiger partial charge in [-0.1, -0.05) is 0 Å². The first-order valence-electron chi connectivity index (χ1n) is 10.9. The van der Waals surface area contributed by atoms with Crippen molar-refractivity contribution >= 4 is 11.9 Å². The fourth-order valence-electron chi connectivity index (χ4n) is 3.99. The predicted octanol–water partition coefficient (Wildman–Crippen LogP) is 3.74. The van der Waals surface area contributed by atoms with Gasteiger partial charge >= 0.3 is 178 Å². The molecule has 0 unspecified atom stereocenters. The molecule has 2 aliphatic rings. The zero-order valence-corrected chi connectivity index (χ0v) is 24.2. The zero-order chi connectivity index (χ0) is 22.9. The van der Waals surface area contributed by atoms with Gasteiger partial charge in [-0.15, -0.1) is 0 Å². The fourth-order valence-corrected chi connectivity index (χ4v) is 7.57. The predicted molar refractivity (Wildman–Crippen MR) is 110 cm³/mol. The monoisotopic (exact) mass is 623 g/mol. The molecule has 5 atom stereocenters. The summed E-state index contributed by atoms with van der Waals surface area (Å²) in [5.74, 6) is -0.954. The van der Waals surface area contributed by atoms with Gasteiger partial charge in [0.2, 0.25) is 0 Å². The van der Waals surface area contributed by atoms with E-state index in [1.165, 1.54) is 6.92 Å². The Labute approximate surface area is 200 Å². The summed E-state index contributed by atoms with van der Waals surface area (Å²) in [6, 6.07) is 10.1. The third kappa shape index (κ3) is 8.11. The Morgan fingerprint density at radius 1 is 1.19 bits per heavy atom. The van der Waals surface area contributed by atoms with Crippen molar-refractivity contribution in [2.45, 2.75) is 62.0 Å². The maximum atomic E-state index is 11.7. The Morgan fingerprint density at radius 3 is 2.39 bits per heavy atom. The Hall–Kier alpha value is -1.02. The number of carboxylic acid groups (broad SMARTS) is 1. The van der Waals surface area contributed by atoms with Crippen LogP contribution in [-0.4, -0.2) is 48.8 Å². The molecule has 0 radical (unpaired) electrons. The van der Waals surface area contributed by atoms with Crippen LogP contribution in [0.25, 0.3) is 0 Å². The molecule has 0 saturated carbocycles. The molecule has 3 rings (SSSR count). The van der Waals surface area contributed by atoms with Gasteiger partial charge in [0.05, 0.1) is 0 Å². The van der Waals surface area contributed by atoms with Crippen LogP contribution in [0.2, 0.25) is 3.43 Å². The van der Waals surface area contributed by atoms with E-state index in [0.29, 0.717) is 51.9 Å². The second kappa shape index (κ2) is 12.9. The van der Waals surface area contributed by atoms with Crippen LogP contribution in [0, 0.1) is 11.8 Å². The number of rotatable bonds is 6. The first-order valence-corrected chi connectivity index (χ1v) is 14.0. The van der Waals surface area contributed by atoms with Gasteiger partial charge in [0.15, 0.2) is 0 Å². The van der Waals surface area contributed by atoms with Gasteiger partial charge in [-0.05, 0) is 0 Å². The SMILES string of the molecule is CC(=O)O.CC[C@@H]1CC[C@@]2(OC1)OC[C@H](COCc1ccccc1)[C@@H](OC(C)=O)[C@@H]2[Hg]. The number of benzene rings is 1. The average molecular weight is 622 g/mol. The van der Waals surface area contributed by atoms with Crippen LogP contribution in [0.15, 0.2) is 30.3 Å². The zero-order valence-electron chi connectivity index (χ0n) is 18.7. The van der Waals surface area contributed by atoms with Crippen molar-refractivity contribution in [3.05, 3.63) is 35.9 Å². The van der Waals surface area contributed by atoms with Crippen molar-refractivity contribution in [2.75, 3.05) is 19.8 Å². The molecule has 169 valence electrons. The van der Waals surface area contributed by atoms with Gasteiger partial charge in [0.1, 0.15) is 0 Å². The summed E-state index contributed by atoms with van der Waals surface area (Å²) in [6.45, 7) is 7.11. The van der Waals surface area contributed by atoms with Crippen LogP contribution in [-0.2, 0) is 61.3 Å². The molecular weight excluding hydrogens is 589 g/mol. The molecule has 1 aromatic rings. The molecule has 0 aliphatic carbocycles. The van der Waals surface area contributed by atoms with E-state index < -0.39 is 11.8 Å². The molecule has 8 heteroatoms. The van der Waals surface area contributed by atoms with Gasteiger partial charge in [-0.2, -0.15) is 0 Å². The Morgan fingerprint density at radius 2 is 1.84 bits per heavy atom. The summed E-state index contributed by atoms with van der Waals surface area (Å²) >= 11 is 0.345. The molecule has 1 spiro atoms. The van der Waals surface area contributed by atoms with E-state index in [9.17, 15) is 4.79 Å². The standard InChI is InChI=1S/C21H29O5.C2H4O2.Hg/c1-3-17-9-10-21(24-13-17)11-20(26-16(2)22)19(15-25-21)14-23-12-18-7-5-4-6-8-18;1-2(3)4;/h4-8,11,17,19-20H,3,9-10,12-15H2,1-2H3;1H3,(H,3,4);/t17-,19+,20+,21-;;/m1../s1. The molecule has 2 saturated heterocycles. The quantitative estimate of drug-likeness (QED) is 0.382. The minimum atomic E-state index is -0.833. The van der Waals surface area contributed by atoms with E-state index in [1.807, 2.05) is 30.3 Å². The summed E-state index contributed by atoms with van der Waals surface area (Å²) in [7, 11) is 0. The van der Waals surface area contributed by atoms with Crippen molar-refractivity contribution in [3.8, 4) is 0 Å². The number of esters is 1. The number of hydrogen-bond donors (Lipinski definition) is 1. The summed E-state index contributed by atoms with van der Waals surface area (Å²) in [5.41, 5.74) is 1.14. The fraction of sp³-hybridized carbons (Fsp3) is 0.652. The molecule has 7 nitrogen and oxygen atoms in total. The molecule has 0 bridgehead atoms. The molecule has 2 heterocycles. The number of carbonyl (C=O) groups excluding carboxylic acids is 1. The molecular formula is C23H33HgO7. The third-order valence-corrected chi connectivity index (χ3v) is 9.98. The summed E-state index contributed by atoms with van der Waals surface area (Å²) < 4.78 is 24.4. The minimum absolute atomic E-state index is 0.0539. The Bertz CT molecular complexity index is 684. The van der Waals surface area contributed by atoms with Crippen LogP contribution in [0.1, 0.15) is 45.6 Å². The normalized spacial score (nSPS) is 30.2. The van der Waals surface area contributed by atoms with Gasteiger partial charge in [-0.25, -0.2) is 0 Å². The topological polar surface area (TPSA) is 91.3 Å². The van der Waals surface area contributed by atoms with Crippen molar-refractivity contribution in [1.82, 2.24) is 0 Å². The van der Waals surface area contributed by atoms with Crippen LogP contribution in [0.3, 0.4) is 0 Å². The second-order valence-electron chi connectivity index (χ2n) is 8.21. The first-order chi connectivity index (χ1) is 14.8. The number of ether oxygens (including phenoxy) is 4. The van der Waals surface area contributed by atoms with Gasteiger partial charge in [-0.3, -0.25) is 4.79 Å². The molecule has 31 heavy (non-hydrogen) atoms. The van der Waals surface area contributed by atoms with E-state index in [1.54, 1.807) is 0 Å². The van der Waals surface area contributed by atoms with E-state index in [-0.39, 0.29) is 21.4 Å². The number of carbonyl (C=O) groups is 2. The van der Waals surface area contributed by atoms with Gasteiger partial charge in [0.25, 0.3) is 5.97 Å². The molecule has 0 amide bonds. The maximum absolute atomic E-state index is 11.7. The third-order valence-electron chi connectivity index (χ3n) is 5.76. The van der Waals surface area contributed by atoms with E-state index in [4.69, 9.17) is 28.8 Å². The van der Waals surface area contributed by atoms with Gasteiger partial charge in [0, 0.05) is 6.92 Å². The number of hydrogen-bond acceptors (Lipinski definition) is 6. The van der Waals surface area contributed by atoms with Crippen molar-refractivity contribution in [2.24, 2.45) is 11.8 Å². The molecule has 2 aliphatic heterocycles. The Balaban J connectivity index is 0.000000785. The molecule has 1 aromatic carbocycles. The summed E-state index contributed by atoms with van der Waals surface area (Å²) in [6.07, 6.45) is 2.98. The van der Waals surface area contributed by atoms with Crippen molar-refractivity contribution in [3.63, 3.8) is 0 Å². The van der Waals surface area contributed by atoms with Crippen LogP contribution in [0.5, 0.6) is 0 Å². The molecule has 1 N–H and O–H groups in total. The first kappa shape index (κ1) is 26.2. The average Bonchev–Trinajstić information content (AvgIpc) is 2.74. The summed E-state index contributed by atoms with van der Waals surface area (Å²) in [4.78, 5) is 20.7. The molecule has 2 fully saturated rings. The van der Waals surface area contributed by atoms with Crippen LogP contribution < -0.4 is 0 Å². The number of carboxylic acids is 1. The second-order valence-corrected chi connectivity index (χ2v) is 11.6. The van der Waals surface area contributed by atoms with Crippen LogP contribution in [0.4, 0.5) is 0 Å². The summed E-state index contributed by atoms with van der Waals surface area (Å²) in [5, 5.41) is 7.42. The van der Waals surface area contributed by atoms with Crippen LogP contribution >= 0.6 is 0 Å². The van der Waals surface area contributed by atoms with E-state index >= 15 is 0 Å². The molecule has 0 aromatic heterocycles. The van der Waals surface area contributed by atoms with E-state index in [2.05, 4.69) is 6.92 Å². The van der Waals surface area contributed by atoms with Crippen molar-refractivity contribution < 1.29 is 59.8 Å².